The Morgan fingerprint density at radius 1 is 0.878 bits per heavy atom. The third-order valence-electron chi connectivity index (χ3n) is 7.23. The second-order valence-electron chi connectivity index (χ2n) is 10.7. The molecular weight excluding hydrogens is 545 g/mol. The molecule has 0 aromatic rings. The van der Waals surface area contributed by atoms with Gasteiger partial charge in [-0.05, 0) is 44.9 Å². The summed E-state index contributed by atoms with van der Waals surface area (Å²) in [6, 6.07) is 0. The van der Waals surface area contributed by atoms with Gasteiger partial charge in [0.1, 0.15) is 13.4 Å². The van der Waals surface area contributed by atoms with Gasteiger partial charge in [0.2, 0.25) is 17.7 Å². The molecule has 1 unspecified atom stereocenters. The molecular formula is C30H43N3O7P-. The summed E-state index contributed by atoms with van der Waals surface area (Å²) in [5.74, 6) is 5.70. The maximum Gasteiger partial charge on any atom is 0.223 e. The Morgan fingerprint density at radius 2 is 1.39 bits per heavy atom. The first kappa shape index (κ1) is 35.9. The Bertz CT molecular complexity index is 992. The van der Waals surface area contributed by atoms with E-state index < -0.39 is 30.8 Å². The summed E-state index contributed by atoms with van der Waals surface area (Å²) in [4.78, 5) is 63.1. The van der Waals surface area contributed by atoms with E-state index in [9.17, 15) is 28.6 Å². The van der Waals surface area contributed by atoms with E-state index in [-0.39, 0.29) is 81.5 Å². The van der Waals surface area contributed by atoms with Gasteiger partial charge in [-0.3, -0.25) is 19.2 Å². The van der Waals surface area contributed by atoms with Gasteiger partial charge in [-0.1, -0.05) is 25.7 Å². The summed E-state index contributed by atoms with van der Waals surface area (Å²) in [7, 11) is -3.99. The molecule has 226 valence electrons. The van der Waals surface area contributed by atoms with Crippen molar-refractivity contribution in [1.82, 2.24) is 16.0 Å². The number of hydrogen-bond donors (Lipinski definition) is 3. The van der Waals surface area contributed by atoms with Crippen molar-refractivity contribution in [2.75, 3.05) is 13.1 Å². The van der Waals surface area contributed by atoms with E-state index in [0.29, 0.717) is 32.1 Å². The second kappa shape index (κ2) is 18.4. The van der Waals surface area contributed by atoms with Gasteiger partial charge < -0.3 is 29.9 Å². The summed E-state index contributed by atoms with van der Waals surface area (Å²) in [5, 5.41) is 8.28. The van der Waals surface area contributed by atoms with Crippen molar-refractivity contribution in [3.05, 3.63) is 0 Å². The van der Waals surface area contributed by atoms with Crippen LogP contribution < -0.4 is 20.8 Å². The number of amides is 3. The molecule has 0 aromatic heterocycles. The van der Waals surface area contributed by atoms with Crippen LogP contribution in [-0.2, 0) is 28.3 Å². The van der Waals surface area contributed by atoms with Gasteiger partial charge in [0.25, 0.3) is 0 Å². The van der Waals surface area contributed by atoms with E-state index >= 15 is 0 Å². The first-order valence-corrected chi connectivity index (χ1v) is 15.7. The second-order valence-corrected chi connectivity index (χ2v) is 13.0. The fourth-order valence-electron chi connectivity index (χ4n) is 4.58. The molecule has 1 saturated carbocycles. The quantitative estimate of drug-likeness (QED) is 0.164. The van der Waals surface area contributed by atoms with Crippen LogP contribution in [0.5, 0.6) is 0 Å². The molecule has 0 spiro atoms. The lowest BCUT2D eigenvalue weighted by Gasteiger charge is -2.38. The molecule has 3 N–H and O–H groups in total. The maximum atomic E-state index is 13.5. The lowest BCUT2D eigenvalue weighted by molar-refractivity contribution is -0.205. The topological polar surface area (TPSA) is 154 Å². The third-order valence-corrected chi connectivity index (χ3v) is 9.09. The summed E-state index contributed by atoms with van der Waals surface area (Å²) in [5.41, 5.74) is -1.68. The molecule has 0 heterocycles. The van der Waals surface area contributed by atoms with Crippen molar-refractivity contribution in [3.8, 4) is 37.0 Å². The molecule has 0 bridgehead atoms. The molecule has 11 heteroatoms. The van der Waals surface area contributed by atoms with E-state index in [1.54, 1.807) is 13.8 Å². The van der Waals surface area contributed by atoms with Crippen molar-refractivity contribution in [3.63, 3.8) is 0 Å². The number of carbonyl (C=O) groups is 4. The Kier molecular flexibility index (Phi) is 16.1. The molecule has 1 fully saturated rings. The average Bonchev–Trinajstić information content (AvgIpc) is 2.94. The van der Waals surface area contributed by atoms with Crippen molar-refractivity contribution in [2.24, 2.45) is 5.92 Å². The predicted octanol–water partition coefficient (Wildman–Crippen LogP) is 2.20. The zero-order valence-corrected chi connectivity index (χ0v) is 25.1. The number of ketones is 1. The SMILES string of the molecule is C#CCCC(=O)CCC(CCC(=O)NCC#C)(CCC(=O)NCC#C)NC(=O)C1CCC(OP(=O)([O-])C(C)C)CC1. The van der Waals surface area contributed by atoms with Gasteiger partial charge in [0.15, 0.2) is 0 Å². The molecule has 41 heavy (non-hydrogen) atoms. The number of terminal acetylenes is 3. The first-order valence-electron chi connectivity index (χ1n) is 14.0. The largest absolute Gasteiger partial charge is 0.778 e. The van der Waals surface area contributed by atoms with Crippen LogP contribution in [0.15, 0.2) is 0 Å². The molecule has 3 amide bonds. The standard InChI is InChI=1S/C30H44N3O7P/c1-6-9-10-25(34)15-18-30(19-16-27(35)31-21-7-2,20-17-28(36)32-22-8-3)33-29(37)24-11-13-26(14-12-24)40-41(38,39)23(4)5/h1-3,23-24,26H,9-22H2,4-5H3,(H,31,35)(H,32,36)(H,33,37)(H,38,39)/p-1. The molecule has 1 aliphatic rings. The molecule has 1 atom stereocenters. The minimum atomic E-state index is -3.99. The highest BCUT2D eigenvalue weighted by Crippen LogP contribution is 2.46. The highest BCUT2D eigenvalue weighted by Gasteiger charge is 2.37. The average molecular weight is 589 g/mol. The summed E-state index contributed by atoms with van der Waals surface area (Å²) < 4.78 is 17.5. The van der Waals surface area contributed by atoms with Crippen LogP contribution in [0.25, 0.3) is 0 Å². The Balaban J connectivity index is 3.09. The van der Waals surface area contributed by atoms with Gasteiger partial charge in [-0.25, -0.2) is 0 Å². The third kappa shape index (κ3) is 13.9. The van der Waals surface area contributed by atoms with Crippen LogP contribution in [0.1, 0.15) is 90.9 Å². The normalized spacial score (nSPS) is 18.2. The van der Waals surface area contributed by atoms with Gasteiger partial charge in [0, 0.05) is 49.2 Å². The van der Waals surface area contributed by atoms with Crippen LogP contribution in [-0.4, -0.2) is 53.9 Å². The fraction of sp³-hybridized carbons (Fsp3) is 0.667. The van der Waals surface area contributed by atoms with Crippen LogP contribution in [0, 0.1) is 42.9 Å². The number of hydrogen-bond acceptors (Lipinski definition) is 7. The minimum Gasteiger partial charge on any atom is -0.778 e. The number of rotatable bonds is 18. The van der Waals surface area contributed by atoms with E-state index in [1.807, 2.05) is 0 Å². The first-order chi connectivity index (χ1) is 19.4. The lowest BCUT2D eigenvalue weighted by atomic mass is 9.80. The summed E-state index contributed by atoms with van der Waals surface area (Å²) >= 11 is 0. The molecule has 1 aliphatic carbocycles. The number of Topliss-reactive ketones (excluding diaryl/α,β-unsaturated/α-hetero) is 1. The van der Waals surface area contributed by atoms with E-state index in [0.717, 1.165) is 0 Å². The van der Waals surface area contributed by atoms with Crippen molar-refractivity contribution >= 4 is 31.1 Å². The summed E-state index contributed by atoms with van der Waals surface area (Å²) in [6.07, 6.45) is 18.1. The van der Waals surface area contributed by atoms with Crippen LogP contribution >= 0.6 is 7.60 Å². The van der Waals surface area contributed by atoms with Gasteiger partial charge in [-0.2, -0.15) is 0 Å². The maximum absolute atomic E-state index is 13.5. The zero-order chi connectivity index (χ0) is 30.9. The van der Waals surface area contributed by atoms with Gasteiger partial charge in [0.05, 0.1) is 19.2 Å². The van der Waals surface area contributed by atoms with Crippen molar-refractivity contribution in [2.45, 2.75) is 108 Å². The molecule has 0 aromatic carbocycles. The molecule has 1 rings (SSSR count). The Labute approximate surface area is 244 Å². The highest BCUT2D eigenvalue weighted by molar-refractivity contribution is 7.52. The van der Waals surface area contributed by atoms with Crippen LogP contribution in [0.2, 0.25) is 0 Å². The van der Waals surface area contributed by atoms with Gasteiger partial charge in [-0.15, -0.1) is 25.2 Å². The number of nitrogens with one attached hydrogen (secondary N) is 3. The van der Waals surface area contributed by atoms with E-state index in [2.05, 4.69) is 33.7 Å². The molecule has 10 nitrogen and oxygen atoms in total. The van der Waals surface area contributed by atoms with E-state index in [4.69, 9.17) is 23.8 Å². The fourth-order valence-corrected chi connectivity index (χ4v) is 5.45. The van der Waals surface area contributed by atoms with Gasteiger partial charge >= 0.3 is 0 Å². The zero-order valence-electron chi connectivity index (χ0n) is 24.2. The number of carbonyl (C=O) groups excluding carboxylic acids is 4. The van der Waals surface area contributed by atoms with Crippen molar-refractivity contribution < 1.29 is 33.2 Å². The Hall–Kier alpha value is -3.09. The van der Waals surface area contributed by atoms with Crippen LogP contribution in [0.3, 0.4) is 0 Å². The summed E-state index contributed by atoms with van der Waals surface area (Å²) in [6.45, 7) is 3.22. The molecule has 0 saturated heterocycles. The Morgan fingerprint density at radius 3 is 1.85 bits per heavy atom. The van der Waals surface area contributed by atoms with Crippen molar-refractivity contribution in [1.29, 1.82) is 0 Å². The highest BCUT2D eigenvalue weighted by atomic mass is 31.2. The van der Waals surface area contributed by atoms with Crippen LogP contribution in [0.4, 0.5) is 0 Å². The molecule has 0 radical (unpaired) electrons. The monoisotopic (exact) mass is 588 g/mol. The van der Waals surface area contributed by atoms with E-state index in [1.165, 1.54) is 0 Å². The lowest BCUT2D eigenvalue weighted by Crippen LogP contribution is -2.52. The minimum absolute atomic E-state index is 0.0149. The predicted molar refractivity (Wildman–Crippen MR) is 155 cm³/mol. The smallest absolute Gasteiger partial charge is 0.223 e. The molecule has 0 aliphatic heterocycles.